The quantitative estimate of drug-likeness (QED) is 0.531. The van der Waals surface area contributed by atoms with Crippen LogP contribution in [0, 0.1) is 0 Å². The SMILES string of the molecule is O=c1oc2cc(O)ccc2c(-c2ccccc2)c1C1=CC=CCC1=S. The van der Waals surface area contributed by atoms with Crippen LogP contribution in [-0.2, 0) is 0 Å². The molecule has 1 aromatic heterocycles. The van der Waals surface area contributed by atoms with Crippen molar-refractivity contribution in [3.8, 4) is 16.9 Å². The standard InChI is InChI=1S/C21H14O3S/c22-14-10-11-15-17(12-14)24-21(23)20(16-8-4-5-9-18(16)25)19(15)13-6-2-1-3-7-13/h1-8,10-12,22H,9H2. The lowest BCUT2D eigenvalue weighted by atomic mass is 9.89. The second-order valence-corrected chi connectivity index (χ2v) is 6.31. The highest BCUT2D eigenvalue weighted by Gasteiger charge is 2.22. The van der Waals surface area contributed by atoms with Crippen molar-refractivity contribution in [2.75, 3.05) is 0 Å². The van der Waals surface area contributed by atoms with Crippen LogP contribution in [0.25, 0.3) is 27.7 Å². The maximum absolute atomic E-state index is 12.8. The third-order valence-electron chi connectivity index (χ3n) is 4.23. The smallest absolute Gasteiger partial charge is 0.344 e. The Morgan fingerprint density at radius 2 is 1.84 bits per heavy atom. The predicted molar refractivity (Wildman–Crippen MR) is 104 cm³/mol. The van der Waals surface area contributed by atoms with Crippen molar-refractivity contribution in [2.45, 2.75) is 6.42 Å². The van der Waals surface area contributed by atoms with E-state index < -0.39 is 5.63 Å². The van der Waals surface area contributed by atoms with Gasteiger partial charge in [0.2, 0.25) is 0 Å². The first-order valence-corrected chi connectivity index (χ1v) is 8.31. The number of hydrogen-bond donors (Lipinski definition) is 1. The molecule has 0 radical (unpaired) electrons. The van der Waals surface area contributed by atoms with Crippen LogP contribution in [0.2, 0.25) is 0 Å². The Labute approximate surface area is 149 Å². The minimum absolute atomic E-state index is 0.0535. The van der Waals surface area contributed by atoms with E-state index >= 15 is 0 Å². The molecule has 1 heterocycles. The summed E-state index contributed by atoms with van der Waals surface area (Å²) in [4.78, 5) is 13.5. The Balaban J connectivity index is 2.15. The van der Waals surface area contributed by atoms with Crippen LogP contribution >= 0.6 is 12.2 Å². The highest BCUT2D eigenvalue weighted by molar-refractivity contribution is 7.81. The van der Waals surface area contributed by atoms with Gasteiger partial charge in [0.25, 0.3) is 0 Å². The van der Waals surface area contributed by atoms with E-state index in [1.165, 1.54) is 6.07 Å². The van der Waals surface area contributed by atoms with Crippen LogP contribution in [0.5, 0.6) is 5.75 Å². The fourth-order valence-corrected chi connectivity index (χ4v) is 3.37. The molecule has 122 valence electrons. The zero-order valence-electron chi connectivity index (χ0n) is 13.2. The minimum Gasteiger partial charge on any atom is -0.508 e. The Morgan fingerprint density at radius 3 is 2.60 bits per heavy atom. The third-order valence-corrected chi connectivity index (χ3v) is 4.61. The molecule has 2 aromatic carbocycles. The van der Waals surface area contributed by atoms with Gasteiger partial charge in [-0.05, 0) is 17.7 Å². The molecule has 25 heavy (non-hydrogen) atoms. The molecule has 0 fully saturated rings. The Kier molecular flexibility index (Phi) is 3.82. The number of hydrogen-bond acceptors (Lipinski definition) is 4. The summed E-state index contributed by atoms with van der Waals surface area (Å²) < 4.78 is 5.50. The zero-order valence-corrected chi connectivity index (χ0v) is 14.0. The number of rotatable bonds is 2. The Morgan fingerprint density at radius 1 is 1.04 bits per heavy atom. The van der Waals surface area contributed by atoms with Gasteiger partial charge in [-0.3, -0.25) is 0 Å². The molecular formula is C21H14O3S. The van der Waals surface area contributed by atoms with Crippen molar-refractivity contribution >= 4 is 33.6 Å². The van der Waals surface area contributed by atoms with Gasteiger partial charge in [0.1, 0.15) is 11.3 Å². The summed E-state index contributed by atoms with van der Waals surface area (Å²) in [6.45, 7) is 0. The number of phenolic OH excluding ortho intramolecular Hbond substituents is 1. The van der Waals surface area contributed by atoms with Crippen molar-refractivity contribution in [3.63, 3.8) is 0 Å². The lowest BCUT2D eigenvalue weighted by Crippen LogP contribution is -2.14. The van der Waals surface area contributed by atoms with Gasteiger partial charge in [-0.15, -0.1) is 0 Å². The first kappa shape index (κ1) is 15.5. The van der Waals surface area contributed by atoms with E-state index in [-0.39, 0.29) is 5.75 Å². The van der Waals surface area contributed by atoms with Crippen molar-refractivity contribution < 1.29 is 9.52 Å². The summed E-state index contributed by atoms with van der Waals surface area (Å²) in [5.41, 5.74) is 2.76. The molecule has 3 aromatic rings. The number of aromatic hydroxyl groups is 1. The number of phenols is 1. The summed E-state index contributed by atoms with van der Waals surface area (Å²) in [5, 5.41) is 10.5. The van der Waals surface area contributed by atoms with Crippen LogP contribution in [-0.4, -0.2) is 9.97 Å². The highest BCUT2D eigenvalue weighted by atomic mass is 32.1. The maximum atomic E-state index is 12.8. The van der Waals surface area contributed by atoms with Gasteiger partial charge < -0.3 is 9.52 Å². The van der Waals surface area contributed by atoms with Crippen molar-refractivity contribution in [1.29, 1.82) is 0 Å². The molecule has 0 spiro atoms. The van der Waals surface area contributed by atoms with E-state index in [1.54, 1.807) is 12.1 Å². The molecule has 3 nitrogen and oxygen atoms in total. The number of fused-ring (bicyclic) bond motifs is 1. The zero-order chi connectivity index (χ0) is 17.4. The molecule has 1 aliphatic rings. The number of allylic oxidation sites excluding steroid dienone is 4. The molecule has 0 amide bonds. The van der Waals surface area contributed by atoms with Gasteiger partial charge in [0.15, 0.2) is 0 Å². The number of benzene rings is 2. The predicted octanol–water partition coefficient (Wildman–Crippen LogP) is 4.88. The monoisotopic (exact) mass is 346 g/mol. The van der Waals surface area contributed by atoms with Gasteiger partial charge in [0.05, 0.1) is 5.56 Å². The summed E-state index contributed by atoms with van der Waals surface area (Å²) in [6, 6.07) is 14.5. The molecule has 1 N–H and O–H groups in total. The summed E-state index contributed by atoms with van der Waals surface area (Å²) >= 11 is 5.48. The maximum Gasteiger partial charge on any atom is 0.344 e. The van der Waals surface area contributed by atoms with Crippen molar-refractivity contribution in [1.82, 2.24) is 0 Å². The first-order chi connectivity index (χ1) is 12.1. The lowest BCUT2D eigenvalue weighted by molar-refractivity contribution is 0.473. The van der Waals surface area contributed by atoms with E-state index in [4.69, 9.17) is 16.6 Å². The average molecular weight is 346 g/mol. The number of thiocarbonyl (C=S) groups is 1. The molecule has 1 aliphatic carbocycles. The van der Waals surface area contributed by atoms with Crippen molar-refractivity contribution in [3.05, 3.63) is 82.7 Å². The fourth-order valence-electron chi connectivity index (χ4n) is 3.10. The third kappa shape index (κ3) is 2.71. The molecular weight excluding hydrogens is 332 g/mol. The molecule has 0 unspecified atom stereocenters. The van der Waals surface area contributed by atoms with Crippen LogP contribution in [0.4, 0.5) is 0 Å². The largest absolute Gasteiger partial charge is 0.508 e. The molecule has 0 saturated carbocycles. The summed E-state index contributed by atoms with van der Waals surface area (Å²) in [5.74, 6) is 0.0535. The van der Waals surface area contributed by atoms with Gasteiger partial charge in [0, 0.05) is 33.9 Å². The lowest BCUT2D eigenvalue weighted by Gasteiger charge is -2.16. The van der Waals surface area contributed by atoms with Crippen LogP contribution in [0.1, 0.15) is 12.0 Å². The summed E-state index contributed by atoms with van der Waals surface area (Å²) in [7, 11) is 0. The van der Waals surface area contributed by atoms with E-state index in [0.717, 1.165) is 22.1 Å². The van der Waals surface area contributed by atoms with E-state index in [9.17, 15) is 9.90 Å². The summed E-state index contributed by atoms with van der Waals surface area (Å²) in [6.07, 6.45) is 6.36. The first-order valence-electron chi connectivity index (χ1n) is 7.91. The Bertz CT molecular complexity index is 1110. The molecule has 4 rings (SSSR count). The molecule has 0 aliphatic heterocycles. The average Bonchev–Trinajstić information content (AvgIpc) is 2.62. The van der Waals surface area contributed by atoms with Gasteiger partial charge in [-0.25, -0.2) is 4.79 Å². The van der Waals surface area contributed by atoms with E-state index in [2.05, 4.69) is 0 Å². The molecule has 0 bridgehead atoms. The molecule has 4 heteroatoms. The van der Waals surface area contributed by atoms with Crippen LogP contribution in [0.3, 0.4) is 0 Å². The van der Waals surface area contributed by atoms with Crippen molar-refractivity contribution in [2.24, 2.45) is 0 Å². The fraction of sp³-hybridized carbons (Fsp3) is 0.0476. The van der Waals surface area contributed by atoms with Gasteiger partial charge in [-0.2, -0.15) is 0 Å². The second-order valence-electron chi connectivity index (χ2n) is 5.82. The van der Waals surface area contributed by atoms with Crippen LogP contribution < -0.4 is 5.63 Å². The normalized spacial score (nSPS) is 13.9. The molecule has 0 saturated heterocycles. The van der Waals surface area contributed by atoms with Gasteiger partial charge >= 0.3 is 5.63 Å². The van der Waals surface area contributed by atoms with Crippen LogP contribution in [0.15, 0.2) is 76.0 Å². The van der Waals surface area contributed by atoms with E-state index in [1.807, 2.05) is 48.6 Å². The molecule has 0 atom stereocenters. The van der Waals surface area contributed by atoms with E-state index in [0.29, 0.717) is 22.4 Å². The second kappa shape index (κ2) is 6.15. The Hall–Kier alpha value is -2.98. The topological polar surface area (TPSA) is 50.4 Å². The minimum atomic E-state index is -0.458. The van der Waals surface area contributed by atoms with Gasteiger partial charge in [-0.1, -0.05) is 60.8 Å². The highest BCUT2D eigenvalue weighted by Crippen LogP contribution is 2.36.